The van der Waals surface area contributed by atoms with Gasteiger partial charge in [-0.2, -0.15) is 5.26 Å². The Morgan fingerprint density at radius 2 is 1.33 bits per heavy atom. The van der Waals surface area contributed by atoms with E-state index in [1.165, 1.54) is 4.90 Å². The molecule has 0 N–H and O–H groups in total. The van der Waals surface area contributed by atoms with Crippen molar-refractivity contribution in [3.63, 3.8) is 0 Å². The lowest BCUT2D eigenvalue weighted by Gasteiger charge is -2.22. The summed E-state index contributed by atoms with van der Waals surface area (Å²) in [5, 5.41) is 8.91. The van der Waals surface area contributed by atoms with Crippen LogP contribution in [0.1, 0.15) is 23.5 Å². The molecule has 0 heterocycles. The number of hydrogen-bond donors (Lipinski definition) is 0. The highest BCUT2D eigenvalue weighted by Gasteiger charge is 2.26. The minimum absolute atomic E-state index is 0.186. The number of ether oxygens (including phenoxy) is 1. The average molecular weight is 398 g/mol. The fraction of sp³-hybridized carbons (Fsp3) is 0.160. The van der Waals surface area contributed by atoms with Gasteiger partial charge in [0.25, 0.3) is 5.91 Å². The van der Waals surface area contributed by atoms with Crippen LogP contribution in [0.4, 0.5) is 5.69 Å². The van der Waals surface area contributed by atoms with Gasteiger partial charge >= 0.3 is 5.97 Å². The largest absolute Gasteiger partial charge is 0.455 e. The first-order chi connectivity index (χ1) is 14.7. The van der Waals surface area contributed by atoms with E-state index in [1.54, 1.807) is 12.1 Å². The topological polar surface area (TPSA) is 70.4 Å². The lowest BCUT2D eigenvalue weighted by atomic mass is 9.91. The zero-order valence-electron chi connectivity index (χ0n) is 16.5. The smallest absolute Gasteiger partial charge is 0.318 e. The molecular weight excluding hydrogens is 376 g/mol. The van der Waals surface area contributed by atoms with Crippen LogP contribution >= 0.6 is 0 Å². The number of nitriles is 1. The van der Waals surface area contributed by atoms with Crippen molar-refractivity contribution >= 4 is 17.6 Å². The van der Waals surface area contributed by atoms with Crippen molar-refractivity contribution in [2.75, 3.05) is 18.1 Å². The highest BCUT2D eigenvalue weighted by Crippen LogP contribution is 2.26. The molecule has 0 spiro atoms. The summed E-state index contributed by atoms with van der Waals surface area (Å²) in [6.45, 7) is -0.160. The molecule has 0 unspecified atom stereocenters. The van der Waals surface area contributed by atoms with Crippen LogP contribution in [0, 0.1) is 11.3 Å². The van der Waals surface area contributed by atoms with E-state index >= 15 is 0 Å². The number of hydrogen-bond acceptors (Lipinski definition) is 4. The Hall–Kier alpha value is -3.91. The Balaban J connectivity index is 1.75. The molecule has 0 aromatic heterocycles. The Morgan fingerprint density at radius 3 is 1.83 bits per heavy atom. The van der Waals surface area contributed by atoms with Gasteiger partial charge in [0.05, 0.1) is 12.5 Å². The zero-order valence-corrected chi connectivity index (χ0v) is 16.5. The first-order valence-electron chi connectivity index (χ1n) is 9.69. The summed E-state index contributed by atoms with van der Waals surface area (Å²) in [6, 6.07) is 29.8. The van der Waals surface area contributed by atoms with E-state index in [-0.39, 0.29) is 18.9 Å². The van der Waals surface area contributed by atoms with E-state index in [1.807, 2.05) is 84.9 Å². The molecule has 5 nitrogen and oxygen atoms in total. The monoisotopic (exact) mass is 398 g/mol. The summed E-state index contributed by atoms with van der Waals surface area (Å²) in [4.78, 5) is 27.2. The van der Waals surface area contributed by atoms with E-state index in [9.17, 15) is 9.59 Å². The first kappa shape index (κ1) is 20.8. The van der Waals surface area contributed by atoms with Gasteiger partial charge in [-0.3, -0.25) is 9.59 Å². The van der Waals surface area contributed by atoms with Crippen LogP contribution in [0.15, 0.2) is 91.0 Å². The molecule has 0 aliphatic rings. The van der Waals surface area contributed by atoms with E-state index in [0.29, 0.717) is 5.69 Å². The molecule has 3 rings (SSSR count). The molecule has 30 heavy (non-hydrogen) atoms. The van der Waals surface area contributed by atoms with Gasteiger partial charge < -0.3 is 9.64 Å². The first-order valence-corrected chi connectivity index (χ1v) is 9.69. The molecule has 3 aromatic carbocycles. The van der Waals surface area contributed by atoms with Crippen LogP contribution in [0.3, 0.4) is 0 Å². The van der Waals surface area contributed by atoms with Gasteiger partial charge in [-0.05, 0) is 23.3 Å². The number of esters is 1. The molecule has 0 saturated carbocycles. The van der Waals surface area contributed by atoms with Gasteiger partial charge in [0.15, 0.2) is 6.61 Å². The number of nitrogens with zero attached hydrogens (tertiary/aromatic N) is 2. The van der Waals surface area contributed by atoms with E-state index in [2.05, 4.69) is 0 Å². The third kappa shape index (κ3) is 5.33. The second kappa shape index (κ2) is 10.6. The third-order valence-electron chi connectivity index (χ3n) is 4.66. The number of para-hydroxylation sites is 1. The Bertz CT molecular complexity index is 959. The van der Waals surface area contributed by atoms with Gasteiger partial charge in [-0.1, -0.05) is 78.9 Å². The zero-order chi connectivity index (χ0) is 21.2. The number of carbonyl (C=O) groups is 2. The predicted molar refractivity (Wildman–Crippen MR) is 115 cm³/mol. The molecule has 0 aliphatic heterocycles. The highest BCUT2D eigenvalue weighted by molar-refractivity contribution is 5.95. The molecule has 3 aromatic rings. The van der Waals surface area contributed by atoms with Crippen LogP contribution in [0.25, 0.3) is 0 Å². The van der Waals surface area contributed by atoms with E-state index in [4.69, 9.17) is 10.00 Å². The van der Waals surface area contributed by atoms with Crippen LogP contribution in [-0.4, -0.2) is 25.0 Å². The molecule has 0 fully saturated rings. The Morgan fingerprint density at radius 1 is 0.833 bits per heavy atom. The summed E-state index contributed by atoms with van der Waals surface area (Å²) >= 11 is 0. The van der Waals surface area contributed by atoms with Crippen molar-refractivity contribution in [1.82, 2.24) is 0 Å². The highest BCUT2D eigenvalue weighted by atomic mass is 16.5. The average Bonchev–Trinajstić information content (AvgIpc) is 2.80. The molecule has 150 valence electrons. The van der Waals surface area contributed by atoms with Crippen molar-refractivity contribution in [2.24, 2.45) is 0 Å². The number of rotatable bonds is 8. The quantitative estimate of drug-likeness (QED) is 0.530. The van der Waals surface area contributed by atoms with Crippen LogP contribution < -0.4 is 4.90 Å². The van der Waals surface area contributed by atoms with Crippen LogP contribution in [0.2, 0.25) is 0 Å². The van der Waals surface area contributed by atoms with Crippen molar-refractivity contribution in [2.45, 2.75) is 12.3 Å². The minimum Gasteiger partial charge on any atom is -0.455 e. The Labute approximate surface area is 176 Å². The summed E-state index contributed by atoms with van der Waals surface area (Å²) in [5.41, 5.74) is 2.26. The summed E-state index contributed by atoms with van der Waals surface area (Å²) in [5.74, 6) is -1.48. The number of carbonyl (C=O) groups excluding carboxylic acids is 2. The van der Waals surface area contributed by atoms with Crippen LogP contribution in [-0.2, 0) is 14.3 Å². The second-order valence-corrected chi connectivity index (χ2v) is 6.65. The molecule has 0 saturated heterocycles. The van der Waals surface area contributed by atoms with Crippen molar-refractivity contribution in [3.05, 3.63) is 102 Å². The van der Waals surface area contributed by atoms with E-state index in [0.717, 1.165) is 11.1 Å². The van der Waals surface area contributed by atoms with Gasteiger partial charge in [-0.15, -0.1) is 0 Å². The summed E-state index contributed by atoms with van der Waals surface area (Å²) in [7, 11) is 0. The van der Waals surface area contributed by atoms with E-state index < -0.39 is 18.5 Å². The standard InChI is InChI=1S/C25H22N2O3/c26-17-10-18-27(22-15-8-3-9-16-22)23(28)19-30-25(29)24(20-11-4-1-5-12-20)21-13-6-2-7-14-21/h1-9,11-16,24H,10,18-19H2. The minimum atomic E-state index is -0.621. The van der Waals surface area contributed by atoms with Crippen molar-refractivity contribution in [1.29, 1.82) is 5.26 Å². The summed E-state index contributed by atoms with van der Waals surface area (Å²) in [6.07, 6.45) is 0.186. The van der Waals surface area contributed by atoms with Gasteiger partial charge in [-0.25, -0.2) is 0 Å². The lowest BCUT2D eigenvalue weighted by Crippen LogP contribution is -2.36. The van der Waals surface area contributed by atoms with Crippen molar-refractivity contribution in [3.8, 4) is 6.07 Å². The second-order valence-electron chi connectivity index (χ2n) is 6.65. The van der Waals surface area contributed by atoms with Gasteiger partial charge in [0.1, 0.15) is 5.92 Å². The Kier molecular flexibility index (Phi) is 7.34. The maximum Gasteiger partial charge on any atom is 0.318 e. The van der Waals surface area contributed by atoms with Crippen LogP contribution in [0.5, 0.6) is 0 Å². The third-order valence-corrected chi connectivity index (χ3v) is 4.66. The molecule has 0 atom stereocenters. The maximum absolute atomic E-state index is 13.0. The SMILES string of the molecule is N#CCCN(C(=O)COC(=O)C(c1ccccc1)c1ccccc1)c1ccccc1. The fourth-order valence-corrected chi connectivity index (χ4v) is 3.22. The fourth-order valence-electron chi connectivity index (χ4n) is 3.22. The normalized spacial score (nSPS) is 10.3. The maximum atomic E-state index is 13.0. The van der Waals surface area contributed by atoms with Gasteiger partial charge in [0, 0.05) is 12.2 Å². The number of benzene rings is 3. The molecule has 0 aliphatic carbocycles. The van der Waals surface area contributed by atoms with Crippen molar-refractivity contribution < 1.29 is 14.3 Å². The summed E-state index contributed by atoms with van der Waals surface area (Å²) < 4.78 is 5.44. The number of amides is 1. The molecule has 1 amide bonds. The molecule has 0 radical (unpaired) electrons. The molecule has 0 bridgehead atoms. The molecular formula is C25H22N2O3. The number of anilines is 1. The predicted octanol–water partition coefficient (Wildman–Crippen LogP) is 4.31. The molecule has 5 heteroatoms. The lowest BCUT2D eigenvalue weighted by molar-refractivity contribution is -0.148. The van der Waals surface area contributed by atoms with Gasteiger partial charge in [0.2, 0.25) is 0 Å².